The average molecular weight is 461 g/mol. The molecule has 2 aromatic carbocycles. The average Bonchev–Trinajstić information content (AvgIpc) is 3.08. The molecule has 30 heavy (non-hydrogen) atoms. The van der Waals surface area contributed by atoms with Gasteiger partial charge < -0.3 is 4.74 Å². The molecule has 0 aliphatic carbocycles. The second-order valence-electron chi connectivity index (χ2n) is 6.18. The predicted octanol–water partition coefficient (Wildman–Crippen LogP) is 4.20. The van der Waals surface area contributed by atoms with Crippen molar-refractivity contribution in [1.29, 1.82) is 0 Å². The van der Waals surface area contributed by atoms with Crippen molar-refractivity contribution < 1.29 is 26.3 Å². The molecule has 12 heteroatoms. The van der Waals surface area contributed by atoms with Crippen LogP contribution in [-0.4, -0.2) is 23.2 Å². The van der Waals surface area contributed by atoms with Crippen molar-refractivity contribution in [2.45, 2.75) is 31.3 Å². The van der Waals surface area contributed by atoms with Crippen molar-refractivity contribution in [3.05, 3.63) is 64.7 Å². The summed E-state index contributed by atoms with van der Waals surface area (Å²) in [4.78, 5) is -0.887. The molecule has 0 saturated carbocycles. The summed E-state index contributed by atoms with van der Waals surface area (Å²) >= 11 is 5.47. The summed E-state index contributed by atoms with van der Waals surface area (Å²) in [7, 11) is -4.44. The zero-order valence-electron chi connectivity index (χ0n) is 15.7. The minimum absolute atomic E-state index is 0.0499. The SMILES string of the molecule is CCn1c(Oc2ccc(F)cc2)nnc1[C@@H](C)NS(=O)(=O)c1cc(F)c(Cl)cc1F. The van der Waals surface area contributed by atoms with Gasteiger partial charge in [-0.05, 0) is 50.2 Å². The fourth-order valence-electron chi connectivity index (χ4n) is 2.66. The van der Waals surface area contributed by atoms with Crippen molar-refractivity contribution in [3.8, 4) is 11.8 Å². The van der Waals surface area contributed by atoms with Crippen molar-refractivity contribution in [3.63, 3.8) is 0 Å². The van der Waals surface area contributed by atoms with E-state index in [1.165, 1.54) is 35.8 Å². The number of ether oxygens (including phenoxy) is 1. The molecule has 0 saturated heterocycles. The molecule has 7 nitrogen and oxygen atoms in total. The van der Waals surface area contributed by atoms with Gasteiger partial charge in [-0.2, -0.15) is 0 Å². The lowest BCUT2D eigenvalue weighted by molar-refractivity contribution is 0.407. The first-order valence-electron chi connectivity index (χ1n) is 8.65. The highest BCUT2D eigenvalue weighted by Gasteiger charge is 2.27. The van der Waals surface area contributed by atoms with Crippen LogP contribution in [0.5, 0.6) is 11.8 Å². The van der Waals surface area contributed by atoms with Crippen LogP contribution < -0.4 is 9.46 Å². The van der Waals surface area contributed by atoms with Gasteiger partial charge in [0.15, 0.2) is 5.82 Å². The first kappa shape index (κ1) is 22.1. The zero-order chi connectivity index (χ0) is 22.1. The Bertz CT molecular complexity index is 1170. The van der Waals surface area contributed by atoms with Gasteiger partial charge in [-0.15, -0.1) is 5.10 Å². The van der Waals surface area contributed by atoms with Crippen LogP contribution in [-0.2, 0) is 16.6 Å². The molecule has 0 unspecified atom stereocenters. The summed E-state index contributed by atoms with van der Waals surface area (Å²) in [6, 6.07) is 5.37. The molecule has 160 valence electrons. The van der Waals surface area contributed by atoms with Gasteiger partial charge >= 0.3 is 6.01 Å². The molecule has 1 aromatic heterocycles. The highest BCUT2D eigenvalue weighted by Crippen LogP contribution is 2.26. The maximum Gasteiger partial charge on any atom is 0.322 e. The van der Waals surface area contributed by atoms with E-state index in [9.17, 15) is 21.6 Å². The molecule has 1 atom stereocenters. The molecule has 3 aromatic rings. The first-order valence-corrected chi connectivity index (χ1v) is 10.5. The number of sulfonamides is 1. The maximum absolute atomic E-state index is 14.0. The quantitative estimate of drug-likeness (QED) is 0.534. The Hall–Kier alpha value is -2.63. The summed E-state index contributed by atoms with van der Waals surface area (Å²) in [6.45, 7) is 3.52. The van der Waals surface area contributed by atoms with Crippen molar-refractivity contribution in [2.75, 3.05) is 0 Å². The second kappa shape index (κ2) is 8.62. The number of hydrogen-bond acceptors (Lipinski definition) is 5. The fourth-order valence-corrected chi connectivity index (χ4v) is 4.08. The van der Waals surface area contributed by atoms with Crippen LogP contribution in [0.2, 0.25) is 5.02 Å². The van der Waals surface area contributed by atoms with Crippen molar-refractivity contribution in [1.82, 2.24) is 19.5 Å². The minimum Gasteiger partial charge on any atom is -0.424 e. The van der Waals surface area contributed by atoms with Crippen LogP contribution in [0.15, 0.2) is 41.3 Å². The molecule has 1 N–H and O–H groups in total. The molecule has 0 fully saturated rings. The highest BCUT2D eigenvalue weighted by atomic mass is 35.5. The Morgan fingerprint density at radius 1 is 1.13 bits per heavy atom. The van der Waals surface area contributed by atoms with E-state index in [0.717, 1.165) is 0 Å². The Morgan fingerprint density at radius 2 is 1.80 bits per heavy atom. The van der Waals surface area contributed by atoms with Gasteiger partial charge in [-0.25, -0.2) is 26.3 Å². The monoisotopic (exact) mass is 460 g/mol. The van der Waals surface area contributed by atoms with Crippen LogP contribution in [0.1, 0.15) is 25.7 Å². The summed E-state index contributed by atoms with van der Waals surface area (Å²) in [5, 5.41) is 7.28. The maximum atomic E-state index is 14.0. The molecule has 0 aliphatic rings. The third-order valence-corrected chi connectivity index (χ3v) is 5.91. The van der Waals surface area contributed by atoms with Crippen LogP contribution >= 0.6 is 11.6 Å². The molecule has 0 bridgehead atoms. The number of halogens is 4. The fraction of sp³-hybridized carbons (Fsp3) is 0.222. The molecular formula is C18H16ClF3N4O3S. The summed E-state index contributed by atoms with van der Waals surface area (Å²) in [5.74, 6) is -2.23. The Kier molecular flexibility index (Phi) is 6.34. The van der Waals surface area contributed by atoms with Crippen molar-refractivity contribution >= 4 is 21.6 Å². The summed E-state index contributed by atoms with van der Waals surface area (Å²) < 4.78 is 75.1. The number of nitrogens with zero attached hydrogens (tertiary/aromatic N) is 3. The molecule has 0 spiro atoms. The van der Waals surface area contributed by atoms with Gasteiger partial charge in [0.2, 0.25) is 10.0 Å². The third-order valence-electron chi connectivity index (χ3n) is 4.07. The standard InChI is InChI=1S/C18H16ClF3N4O3S/c1-3-26-17(23-24-18(26)29-12-6-4-11(20)5-7-12)10(2)25-30(27,28)16-9-14(21)13(19)8-15(16)22/h4-10,25H,3H2,1-2H3/t10-/m1/s1. The molecule has 3 rings (SSSR count). The van der Waals surface area contributed by atoms with E-state index >= 15 is 0 Å². The van der Waals surface area contributed by atoms with Crippen LogP contribution in [0, 0.1) is 17.5 Å². The van der Waals surface area contributed by atoms with Crippen LogP contribution in [0.25, 0.3) is 0 Å². The van der Waals surface area contributed by atoms with E-state index in [4.69, 9.17) is 16.3 Å². The smallest absolute Gasteiger partial charge is 0.322 e. The predicted molar refractivity (Wildman–Crippen MR) is 102 cm³/mol. The Morgan fingerprint density at radius 3 is 2.43 bits per heavy atom. The molecule has 0 aliphatic heterocycles. The van der Waals surface area contributed by atoms with E-state index < -0.39 is 43.4 Å². The van der Waals surface area contributed by atoms with Gasteiger partial charge in [0.1, 0.15) is 28.1 Å². The second-order valence-corrected chi connectivity index (χ2v) is 8.27. The molecule has 0 radical (unpaired) electrons. The largest absolute Gasteiger partial charge is 0.424 e. The number of hydrogen-bond donors (Lipinski definition) is 1. The number of rotatable bonds is 7. The van der Waals surface area contributed by atoms with E-state index in [2.05, 4.69) is 14.9 Å². The van der Waals surface area contributed by atoms with Crippen LogP contribution in [0.4, 0.5) is 13.2 Å². The van der Waals surface area contributed by atoms with Gasteiger partial charge in [0.05, 0.1) is 11.1 Å². The lowest BCUT2D eigenvalue weighted by atomic mass is 10.3. The minimum atomic E-state index is -4.44. The number of benzene rings is 2. The van der Waals surface area contributed by atoms with Gasteiger partial charge in [-0.1, -0.05) is 16.7 Å². The van der Waals surface area contributed by atoms with Crippen LogP contribution in [0.3, 0.4) is 0 Å². The van der Waals surface area contributed by atoms with Gasteiger partial charge in [0.25, 0.3) is 0 Å². The zero-order valence-corrected chi connectivity index (χ0v) is 17.3. The normalized spacial score (nSPS) is 12.7. The number of aromatic nitrogens is 3. The van der Waals surface area contributed by atoms with Crippen molar-refractivity contribution in [2.24, 2.45) is 0 Å². The van der Waals surface area contributed by atoms with E-state index in [1.54, 1.807) is 6.92 Å². The molecule has 0 amide bonds. The first-order chi connectivity index (χ1) is 14.1. The highest BCUT2D eigenvalue weighted by molar-refractivity contribution is 7.89. The summed E-state index contributed by atoms with van der Waals surface area (Å²) in [6.07, 6.45) is 0. The van der Waals surface area contributed by atoms with E-state index in [-0.39, 0.29) is 11.8 Å². The topological polar surface area (TPSA) is 86.1 Å². The molecule has 1 heterocycles. The van der Waals surface area contributed by atoms with Gasteiger partial charge in [-0.3, -0.25) is 4.57 Å². The van der Waals surface area contributed by atoms with E-state index in [1.807, 2.05) is 0 Å². The Balaban J connectivity index is 1.86. The van der Waals surface area contributed by atoms with Gasteiger partial charge in [0, 0.05) is 6.54 Å². The Labute approximate surface area is 175 Å². The molecular weight excluding hydrogens is 445 g/mol. The number of nitrogens with one attached hydrogen (secondary N) is 1. The summed E-state index contributed by atoms with van der Waals surface area (Å²) in [5.41, 5.74) is 0. The van der Waals surface area contributed by atoms with E-state index in [0.29, 0.717) is 24.4 Å². The lowest BCUT2D eigenvalue weighted by Crippen LogP contribution is -2.29. The third kappa shape index (κ3) is 4.58. The lowest BCUT2D eigenvalue weighted by Gasteiger charge is -2.16.